The van der Waals surface area contributed by atoms with Gasteiger partial charge in [-0.2, -0.15) is 0 Å². The second-order valence-corrected chi connectivity index (χ2v) is 7.90. The van der Waals surface area contributed by atoms with E-state index in [2.05, 4.69) is 0 Å². The number of phenolic OH excluding ortho intramolecular Hbond substituents is 1. The second-order valence-electron chi connectivity index (χ2n) is 7.47. The molecule has 0 bridgehead atoms. The Kier molecular flexibility index (Phi) is 5.06. The zero-order valence-corrected chi connectivity index (χ0v) is 16.9. The number of carbonyl (C=O) groups excluding carboxylic acids is 1. The van der Waals surface area contributed by atoms with Gasteiger partial charge in [0.15, 0.2) is 5.43 Å². The van der Waals surface area contributed by atoms with Crippen LogP contribution in [0.25, 0.3) is 11.0 Å². The predicted molar refractivity (Wildman–Crippen MR) is 112 cm³/mol. The van der Waals surface area contributed by atoms with Crippen LogP contribution in [-0.2, 0) is 0 Å². The highest BCUT2D eigenvalue weighted by atomic mass is 35.5. The summed E-state index contributed by atoms with van der Waals surface area (Å²) in [6.07, 6.45) is 0.738. The summed E-state index contributed by atoms with van der Waals surface area (Å²) in [4.78, 5) is 30.2. The summed E-state index contributed by atoms with van der Waals surface area (Å²) >= 11 is 6.08. The molecule has 7 heteroatoms. The van der Waals surface area contributed by atoms with Crippen LogP contribution in [0.15, 0.2) is 51.7 Å². The molecule has 4 rings (SSSR count). The molecule has 3 aromatic rings. The lowest BCUT2D eigenvalue weighted by molar-refractivity contribution is 0.0722. The van der Waals surface area contributed by atoms with Crippen LogP contribution in [-0.4, -0.2) is 48.0 Å². The van der Waals surface area contributed by atoms with Gasteiger partial charge in [0, 0.05) is 11.6 Å². The van der Waals surface area contributed by atoms with E-state index >= 15 is 0 Å². The highest BCUT2D eigenvalue weighted by molar-refractivity contribution is 6.31. The number of halogens is 1. The molecule has 1 aliphatic heterocycles. The summed E-state index contributed by atoms with van der Waals surface area (Å²) < 4.78 is 5.87. The van der Waals surface area contributed by atoms with Gasteiger partial charge in [0.05, 0.1) is 17.0 Å². The Morgan fingerprint density at radius 1 is 1.17 bits per heavy atom. The molecule has 0 fully saturated rings. The molecule has 29 heavy (non-hydrogen) atoms. The van der Waals surface area contributed by atoms with Crippen LogP contribution in [0, 0.1) is 0 Å². The van der Waals surface area contributed by atoms with Crippen molar-refractivity contribution in [2.24, 2.45) is 0 Å². The van der Waals surface area contributed by atoms with Crippen molar-refractivity contribution in [3.8, 4) is 5.75 Å². The van der Waals surface area contributed by atoms with Crippen molar-refractivity contribution in [2.75, 3.05) is 27.2 Å². The lowest BCUT2D eigenvalue weighted by Gasteiger charge is -2.25. The first kappa shape index (κ1) is 19.5. The van der Waals surface area contributed by atoms with Crippen LogP contribution in [0.2, 0.25) is 5.02 Å². The third kappa shape index (κ3) is 3.50. The van der Waals surface area contributed by atoms with Crippen molar-refractivity contribution in [1.29, 1.82) is 0 Å². The van der Waals surface area contributed by atoms with E-state index in [9.17, 15) is 14.7 Å². The fourth-order valence-corrected chi connectivity index (χ4v) is 3.99. The number of hydrogen-bond donors (Lipinski definition) is 1. The highest BCUT2D eigenvalue weighted by Crippen LogP contribution is 2.39. The van der Waals surface area contributed by atoms with Gasteiger partial charge in [-0.3, -0.25) is 9.59 Å². The van der Waals surface area contributed by atoms with Gasteiger partial charge in [-0.15, -0.1) is 0 Å². The van der Waals surface area contributed by atoms with Crippen molar-refractivity contribution in [3.63, 3.8) is 0 Å². The van der Waals surface area contributed by atoms with E-state index in [1.807, 2.05) is 19.0 Å². The number of carbonyl (C=O) groups is 1. The summed E-state index contributed by atoms with van der Waals surface area (Å²) in [5.74, 6) is -0.186. The molecule has 2 heterocycles. The van der Waals surface area contributed by atoms with Gasteiger partial charge < -0.3 is 19.3 Å². The number of benzene rings is 2. The lowest BCUT2D eigenvalue weighted by atomic mass is 9.98. The molecule has 1 amide bonds. The van der Waals surface area contributed by atoms with Crippen LogP contribution >= 0.6 is 11.6 Å². The molecule has 2 aromatic carbocycles. The Balaban J connectivity index is 1.89. The molecule has 0 spiro atoms. The molecule has 150 valence electrons. The number of phenols is 1. The SMILES string of the molecule is CN(C)CCCN1C(=O)c2oc3ccc(Cl)cc3c(=O)c2[C@H]1c1cccc(O)c1. The van der Waals surface area contributed by atoms with Crippen molar-refractivity contribution in [3.05, 3.63) is 74.6 Å². The maximum atomic E-state index is 13.3. The molecule has 1 atom stereocenters. The number of fused-ring (bicyclic) bond motifs is 2. The minimum atomic E-state index is -0.619. The zero-order valence-electron chi connectivity index (χ0n) is 16.2. The van der Waals surface area contributed by atoms with Gasteiger partial charge in [-0.05, 0) is 63.0 Å². The van der Waals surface area contributed by atoms with E-state index in [0.717, 1.165) is 13.0 Å². The van der Waals surface area contributed by atoms with Crippen molar-refractivity contribution in [2.45, 2.75) is 12.5 Å². The second kappa shape index (κ2) is 7.54. The number of amides is 1. The standard InChI is InChI=1S/C22H21ClN2O4/c1-24(2)9-4-10-25-19(13-5-3-6-15(26)11-13)18-20(27)16-12-14(23)7-8-17(16)29-21(18)22(25)28/h3,5-8,11-12,19,26H,4,9-10H2,1-2H3/t19-/m1/s1. The Morgan fingerprint density at radius 2 is 1.97 bits per heavy atom. The van der Waals surface area contributed by atoms with E-state index in [4.69, 9.17) is 16.0 Å². The molecular formula is C22H21ClN2O4. The van der Waals surface area contributed by atoms with Crippen LogP contribution in [0.5, 0.6) is 5.75 Å². The average molecular weight is 413 g/mol. The van der Waals surface area contributed by atoms with E-state index in [1.54, 1.807) is 47.4 Å². The van der Waals surface area contributed by atoms with Gasteiger partial charge >= 0.3 is 0 Å². The Hall–Kier alpha value is -2.83. The predicted octanol–water partition coefficient (Wildman–Crippen LogP) is 3.65. The first-order valence-corrected chi connectivity index (χ1v) is 9.75. The molecule has 0 saturated carbocycles. The Bertz CT molecular complexity index is 1160. The quantitative estimate of drug-likeness (QED) is 0.692. The van der Waals surface area contributed by atoms with E-state index < -0.39 is 6.04 Å². The van der Waals surface area contributed by atoms with Crippen LogP contribution < -0.4 is 5.43 Å². The molecule has 1 N–H and O–H groups in total. The zero-order chi connectivity index (χ0) is 20.7. The molecule has 0 radical (unpaired) electrons. The van der Waals surface area contributed by atoms with Crippen LogP contribution in [0.4, 0.5) is 0 Å². The highest BCUT2D eigenvalue weighted by Gasteiger charge is 2.42. The molecule has 0 unspecified atom stereocenters. The topological polar surface area (TPSA) is 74.0 Å². The van der Waals surface area contributed by atoms with Crippen LogP contribution in [0.1, 0.15) is 34.1 Å². The van der Waals surface area contributed by atoms with E-state index in [1.165, 1.54) is 0 Å². The molecule has 1 aromatic heterocycles. The smallest absolute Gasteiger partial charge is 0.290 e. The Labute approximate surface area is 172 Å². The summed E-state index contributed by atoms with van der Waals surface area (Å²) in [5, 5.41) is 10.7. The summed E-state index contributed by atoms with van der Waals surface area (Å²) in [6, 6.07) is 10.8. The van der Waals surface area contributed by atoms with Gasteiger partial charge in [0.25, 0.3) is 5.91 Å². The summed E-state index contributed by atoms with van der Waals surface area (Å²) in [6.45, 7) is 1.25. The molecule has 0 aliphatic carbocycles. The third-order valence-electron chi connectivity index (χ3n) is 5.12. The van der Waals surface area contributed by atoms with Gasteiger partial charge in [0.1, 0.15) is 11.3 Å². The normalized spacial score (nSPS) is 16.1. The third-order valence-corrected chi connectivity index (χ3v) is 5.35. The van der Waals surface area contributed by atoms with E-state index in [0.29, 0.717) is 33.7 Å². The van der Waals surface area contributed by atoms with Crippen molar-refractivity contribution >= 4 is 28.5 Å². The monoisotopic (exact) mass is 412 g/mol. The van der Waals surface area contributed by atoms with E-state index in [-0.39, 0.29) is 22.8 Å². The van der Waals surface area contributed by atoms with Crippen molar-refractivity contribution < 1.29 is 14.3 Å². The number of nitrogens with zero attached hydrogens (tertiary/aromatic N) is 2. The fraction of sp³-hybridized carbons (Fsp3) is 0.273. The molecule has 0 saturated heterocycles. The molecule has 1 aliphatic rings. The lowest BCUT2D eigenvalue weighted by Crippen LogP contribution is -2.32. The van der Waals surface area contributed by atoms with Crippen molar-refractivity contribution in [1.82, 2.24) is 9.80 Å². The first-order chi connectivity index (χ1) is 13.9. The van der Waals surface area contributed by atoms with Gasteiger partial charge in [-0.1, -0.05) is 23.7 Å². The maximum absolute atomic E-state index is 13.3. The minimum Gasteiger partial charge on any atom is -0.508 e. The van der Waals surface area contributed by atoms with Gasteiger partial charge in [0.2, 0.25) is 5.76 Å². The number of hydrogen-bond acceptors (Lipinski definition) is 5. The Morgan fingerprint density at radius 3 is 2.69 bits per heavy atom. The summed E-state index contributed by atoms with van der Waals surface area (Å²) in [5.41, 5.74) is 1.01. The van der Waals surface area contributed by atoms with Crippen LogP contribution in [0.3, 0.4) is 0 Å². The first-order valence-electron chi connectivity index (χ1n) is 9.37. The summed E-state index contributed by atoms with van der Waals surface area (Å²) in [7, 11) is 3.93. The van der Waals surface area contributed by atoms with Gasteiger partial charge in [-0.25, -0.2) is 0 Å². The molecule has 6 nitrogen and oxygen atoms in total. The average Bonchev–Trinajstić information content (AvgIpc) is 2.95. The minimum absolute atomic E-state index is 0.0584. The number of aromatic hydroxyl groups is 1. The molecular weight excluding hydrogens is 392 g/mol. The fourth-order valence-electron chi connectivity index (χ4n) is 3.82. The number of rotatable bonds is 5. The maximum Gasteiger partial charge on any atom is 0.290 e. The largest absolute Gasteiger partial charge is 0.508 e.